The molecule has 0 spiro atoms. The topological polar surface area (TPSA) is 17.8 Å². The van der Waals surface area contributed by atoms with Crippen LogP contribution in [0.2, 0.25) is 0 Å². The van der Waals surface area contributed by atoms with Crippen molar-refractivity contribution in [2.24, 2.45) is 0 Å². The van der Waals surface area contributed by atoms with E-state index in [4.69, 9.17) is 13.7 Å². The number of nitrogens with zero attached hydrogens (tertiary/aromatic N) is 2. The van der Waals surface area contributed by atoms with Crippen LogP contribution in [-0.4, -0.2) is 9.55 Å². The van der Waals surface area contributed by atoms with Crippen LogP contribution in [0.3, 0.4) is 0 Å². The number of aromatic nitrogens is 2. The first-order valence-electron chi connectivity index (χ1n) is 17.9. The number of para-hydroxylation sites is 2. The molecule has 1 aromatic heterocycles. The minimum atomic E-state index is -2.44. The molecule has 188 valence electrons. The third-order valence-corrected chi connectivity index (χ3v) is 7.47. The monoisotopic (exact) mass is 520 g/mol. The Hall–Kier alpha value is -5.21. The van der Waals surface area contributed by atoms with Gasteiger partial charge >= 0.3 is 0 Å². The molecule has 1 heterocycles. The van der Waals surface area contributed by atoms with Gasteiger partial charge in [-0.05, 0) is 85.7 Å². The lowest BCUT2D eigenvalue weighted by molar-refractivity contribution is 1.00. The minimum absolute atomic E-state index is 0.0319. The van der Waals surface area contributed by atoms with Gasteiger partial charge < -0.3 is 0 Å². The van der Waals surface area contributed by atoms with Gasteiger partial charge in [0.1, 0.15) is 5.82 Å². The summed E-state index contributed by atoms with van der Waals surface area (Å²) < 4.78 is 86.8. The Kier molecular flexibility index (Phi) is 3.31. The van der Waals surface area contributed by atoms with Gasteiger partial charge in [0, 0.05) is 9.80 Å². The Balaban J connectivity index is 1.44. The van der Waals surface area contributed by atoms with E-state index < -0.39 is 37.1 Å². The van der Waals surface area contributed by atoms with Gasteiger partial charge in [0.05, 0.1) is 20.6 Å². The Morgan fingerprint density at radius 2 is 1.23 bits per heavy atom. The lowest BCUT2D eigenvalue weighted by Gasteiger charge is -2.19. The van der Waals surface area contributed by atoms with Crippen molar-refractivity contribution in [3.05, 3.63) is 145 Å². The smallest absolute Gasteiger partial charge is 0.111 e. The summed E-state index contributed by atoms with van der Waals surface area (Å²) in [5, 5.41) is 2.96. The molecule has 0 aliphatic carbocycles. The van der Waals surface area contributed by atoms with E-state index in [0.717, 1.165) is 21.9 Å². The first-order valence-corrected chi connectivity index (χ1v) is 12.9. The molecule has 0 radical (unpaired) electrons. The van der Waals surface area contributed by atoms with Gasteiger partial charge in [-0.15, -0.1) is 0 Å². The molecule has 2 heteroatoms. The Morgan fingerprint density at radius 1 is 0.600 bits per heavy atom. The number of hydrogen-bond acceptors (Lipinski definition) is 1. The molecule has 0 aliphatic heterocycles. The number of imidazole rings is 1. The normalized spacial score (nSPS) is 15.5. The SMILES string of the molecule is [2H]c1c([2H])c([2H])c2c(-c3c4ccccc4c(-c4ccc(-n5c(C([2H])([2H])[2H])nc6ccccc65)cc4)c4ccccc34)c([2H])c([2H])c([2H])c2c1[2H]. The highest BCUT2D eigenvalue weighted by molar-refractivity contribution is 6.23. The quantitative estimate of drug-likeness (QED) is 0.212. The second-order valence-electron chi connectivity index (χ2n) is 9.65. The van der Waals surface area contributed by atoms with E-state index in [1.807, 2.05) is 91.0 Å². The molecular weight excluding hydrogens is 484 g/mol. The Bertz CT molecular complexity index is 2650. The van der Waals surface area contributed by atoms with Crippen molar-refractivity contribution < 1.29 is 13.7 Å². The number of benzene rings is 7. The van der Waals surface area contributed by atoms with Gasteiger partial charge in [-0.2, -0.15) is 0 Å². The summed E-state index contributed by atoms with van der Waals surface area (Å²) in [5.41, 5.74) is 4.32. The third-order valence-electron chi connectivity index (χ3n) is 7.47. The zero-order valence-corrected chi connectivity index (χ0v) is 21.1. The molecule has 0 bridgehead atoms. The summed E-state index contributed by atoms with van der Waals surface area (Å²) in [6, 6.07) is 27.2. The van der Waals surface area contributed by atoms with Gasteiger partial charge in [-0.3, -0.25) is 4.57 Å². The van der Waals surface area contributed by atoms with E-state index in [2.05, 4.69) is 4.98 Å². The van der Waals surface area contributed by atoms with Crippen molar-refractivity contribution in [2.75, 3.05) is 0 Å². The fourth-order valence-electron chi connectivity index (χ4n) is 5.77. The predicted molar refractivity (Wildman–Crippen MR) is 169 cm³/mol. The highest BCUT2D eigenvalue weighted by atomic mass is 15.1. The van der Waals surface area contributed by atoms with Crippen LogP contribution in [0.25, 0.3) is 71.3 Å². The van der Waals surface area contributed by atoms with Crippen LogP contribution in [0.1, 0.15) is 19.5 Å². The lowest BCUT2D eigenvalue weighted by atomic mass is 9.85. The van der Waals surface area contributed by atoms with E-state index in [1.165, 1.54) is 0 Å². The van der Waals surface area contributed by atoms with Crippen molar-refractivity contribution >= 4 is 43.4 Å². The van der Waals surface area contributed by atoms with Crippen molar-refractivity contribution in [1.29, 1.82) is 0 Å². The summed E-state index contributed by atoms with van der Waals surface area (Å²) >= 11 is 0. The second-order valence-corrected chi connectivity index (χ2v) is 9.65. The van der Waals surface area contributed by atoms with Crippen molar-refractivity contribution in [3.63, 3.8) is 0 Å². The zero-order chi connectivity index (χ0) is 35.2. The van der Waals surface area contributed by atoms with Gasteiger partial charge in [0.2, 0.25) is 0 Å². The lowest BCUT2D eigenvalue weighted by Crippen LogP contribution is -1.97. The molecule has 8 aromatic rings. The molecule has 0 saturated heterocycles. The summed E-state index contributed by atoms with van der Waals surface area (Å²) in [4.78, 5) is 4.44. The fourth-order valence-corrected chi connectivity index (χ4v) is 5.77. The standard InChI is InChI=1S/C38H26N2/c1-25-39-35-19-8-9-20-36(35)40(25)28-23-21-27(22-24-28)37-31-14-4-6-16-33(31)38(34-17-7-5-15-32(34)37)30-18-10-12-26-11-2-3-13-29(26)30/h2-24H,1H3/i1D3,2D,3D,10D,11D,12D,13D,18D. The first kappa shape index (κ1) is 14.8. The number of rotatable bonds is 3. The first-order chi connectivity index (χ1) is 23.9. The average Bonchev–Trinajstić information content (AvgIpc) is 3.52. The van der Waals surface area contributed by atoms with Crippen molar-refractivity contribution in [1.82, 2.24) is 9.55 Å². The largest absolute Gasteiger partial charge is 0.297 e. The maximum Gasteiger partial charge on any atom is 0.111 e. The molecule has 0 unspecified atom stereocenters. The summed E-state index contributed by atoms with van der Waals surface area (Å²) in [7, 11) is 0. The summed E-state index contributed by atoms with van der Waals surface area (Å²) in [6.45, 7) is -2.44. The van der Waals surface area contributed by atoms with Crippen molar-refractivity contribution in [2.45, 2.75) is 6.85 Å². The van der Waals surface area contributed by atoms with Crippen LogP contribution in [0.4, 0.5) is 0 Å². The molecule has 8 rings (SSSR count). The van der Waals surface area contributed by atoms with Crippen LogP contribution in [-0.2, 0) is 0 Å². The van der Waals surface area contributed by atoms with Gasteiger partial charge in [-0.1, -0.05) is 115 Å². The van der Waals surface area contributed by atoms with E-state index in [0.29, 0.717) is 33.1 Å². The molecule has 0 N–H and O–H groups in total. The number of hydrogen-bond donors (Lipinski definition) is 0. The van der Waals surface area contributed by atoms with Gasteiger partial charge in [-0.25, -0.2) is 4.98 Å². The number of fused-ring (bicyclic) bond motifs is 4. The minimum Gasteiger partial charge on any atom is -0.297 e. The molecule has 0 fully saturated rings. The molecular formula is C38H26N2. The predicted octanol–water partition coefficient (Wildman–Crippen LogP) is 10.1. The van der Waals surface area contributed by atoms with E-state index >= 15 is 0 Å². The average molecular weight is 521 g/mol. The van der Waals surface area contributed by atoms with Crippen LogP contribution < -0.4 is 0 Å². The van der Waals surface area contributed by atoms with Crippen LogP contribution >= 0.6 is 0 Å². The molecule has 2 nitrogen and oxygen atoms in total. The highest BCUT2D eigenvalue weighted by Crippen LogP contribution is 2.45. The fraction of sp³-hybridized carbons (Fsp3) is 0.0263. The van der Waals surface area contributed by atoms with Crippen LogP contribution in [0.15, 0.2) is 139 Å². The molecule has 0 amide bonds. The Labute approximate surface area is 246 Å². The summed E-state index contributed by atoms with van der Waals surface area (Å²) in [6.07, 6.45) is 0. The molecule has 0 atom stereocenters. The molecule has 40 heavy (non-hydrogen) atoms. The molecule has 0 aliphatic rings. The van der Waals surface area contributed by atoms with E-state index in [1.54, 1.807) is 10.6 Å². The second kappa shape index (κ2) is 8.93. The van der Waals surface area contributed by atoms with Gasteiger partial charge in [0.15, 0.2) is 0 Å². The van der Waals surface area contributed by atoms with Crippen molar-refractivity contribution in [3.8, 4) is 27.9 Å². The van der Waals surface area contributed by atoms with E-state index in [-0.39, 0.29) is 34.2 Å². The van der Waals surface area contributed by atoms with Crippen LogP contribution in [0, 0.1) is 6.85 Å². The number of aryl methyl sites for hydroxylation is 1. The van der Waals surface area contributed by atoms with E-state index in [9.17, 15) is 0 Å². The maximum absolute atomic E-state index is 9.12. The Morgan fingerprint density at radius 3 is 1.95 bits per heavy atom. The molecule has 0 saturated carbocycles. The van der Waals surface area contributed by atoms with Crippen LogP contribution in [0.5, 0.6) is 0 Å². The third kappa shape index (κ3) is 3.40. The highest BCUT2D eigenvalue weighted by Gasteiger charge is 2.18. The maximum atomic E-state index is 9.12. The zero-order valence-electron chi connectivity index (χ0n) is 31.1. The van der Waals surface area contributed by atoms with Gasteiger partial charge in [0.25, 0.3) is 0 Å². The molecule has 7 aromatic carbocycles. The summed E-state index contributed by atoms with van der Waals surface area (Å²) in [5.74, 6) is -0.0319.